The van der Waals surface area contributed by atoms with Gasteiger partial charge in [-0.05, 0) is 37.8 Å². The molecule has 0 spiro atoms. The molecule has 0 atom stereocenters. The maximum absolute atomic E-state index is 5.56. The molecule has 1 aromatic rings. The molecule has 1 aromatic carbocycles. The van der Waals surface area contributed by atoms with Crippen molar-refractivity contribution in [3.05, 3.63) is 35.9 Å². The van der Waals surface area contributed by atoms with Crippen LogP contribution in [0.3, 0.4) is 0 Å². The molecule has 0 amide bonds. The third-order valence-corrected chi connectivity index (χ3v) is 3.58. The molecule has 1 fully saturated rings. The van der Waals surface area contributed by atoms with Gasteiger partial charge in [0.25, 0.3) is 0 Å². The monoisotopic (exact) mass is 219 g/mol. The fraction of sp³-hybridized carbons (Fsp3) is 0.571. The second kappa shape index (κ2) is 5.46. The third-order valence-electron chi connectivity index (χ3n) is 3.58. The molecule has 2 heteroatoms. The number of hydrogen-bond donors (Lipinski definition) is 1. The normalized spacial score (nSPS) is 18.1. The van der Waals surface area contributed by atoms with E-state index in [9.17, 15) is 0 Å². The van der Waals surface area contributed by atoms with Crippen LogP contribution in [0.2, 0.25) is 0 Å². The average Bonchev–Trinajstić information content (AvgIpc) is 2.29. The number of methoxy groups -OCH3 is 1. The Morgan fingerprint density at radius 1 is 1.25 bits per heavy atom. The molecule has 1 saturated carbocycles. The SMILES string of the molecule is COC1(CNCCc2ccccc2)CCC1. The lowest BCUT2D eigenvalue weighted by atomic mass is 9.80. The molecule has 0 radical (unpaired) electrons. The Hall–Kier alpha value is -0.860. The van der Waals surface area contributed by atoms with Crippen molar-refractivity contribution in [2.24, 2.45) is 0 Å². The second-order valence-electron chi connectivity index (χ2n) is 4.65. The van der Waals surface area contributed by atoms with Gasteiger partial charge in [0, 0.05) is 13.7 Å². The zero-order chi connectivity index (χ0) is 11.3. The molecule has 88 valence electrons. The number of hydrogen-bond acceptors (Lipinski definition) is 2. The number of rotatable bonds is 6. The van der Waals surface area contributed by atoms with Crippen LogP contribution in [0.4, 0.5) is 0 Å². The molecule has 0 bridgehead atoms. The van der Waals surface area contributed by atoms with Crippen LogP contribution in [-0.2, 0) is 11.2 Å². The minimum Gasteiger partial charge on any atom is -0.377 e. The Kier molecular flexibility index (Phi) is 3.97. The van der Waals surface area contributed by atoms with Crippen molar-refractivity contribution in [2.45, 2.75) is 31.3 Å². The van der Waals surface area contributed by atoms with Gasteiger partial charge in [0.1, 0.15) is 0 Å². The molecule has 0 aromatic heterocycles. The van der Waals surface area contributed by atoms with E-state index in [2.05, 4.69) is 35.6 Å². The summed E-state index contributed by atoms with van der Waals surface area (Å²) in [5.74, 6) is 0. The summed E-state index contributed by atoms with van der Waals surface area (Å²) in [5, 5.41) is 3.50. The van der Waals surface area contributed by atoms with Gasteiger partial charge in [-0.15, -0.1) is 0 Å². The molecular weight excluding hydrogens is 198 g/mol. The van der Waals surface area contributed by atoms with E-state index in [-0.39, 0.29) is 5.60 Å². The predicted octanol–water partition coefficient (Wildman–Crippen LogP) is 2.39. The first-order valence-corrected chi connectivity index (χ1v) is 6.14. The Bertz CT molecular complexity index is 300. The minimum atomic E-state index is 0.149. The zero-order valence-corrected chi connectivity index (χ0v) is 10.0. The van der Waals surface area contributed by atoms with Crippen molar-refractivity contribution in [2.75, 3.05) is 20.2 Å². The van der Waals surface area contributed by atoms with Gasteiger partial charge in [-0.2, -0.15) is 0 Å². The zero-order valence-electron chi connectivity index (χ0n) is 10.0. The maximum atomic E-state index is 5.56. The molecular formula is C14H21NO. The minimum absolute atomic E-state index is 0.149. The van der Waals surface area contributed by atoms with Gasteiger partial charge in [-0.25, -0.2) is 0 Å². The van der Waals surface area contributed by atoms with Crippen molar-refractivity contribution < 1.29 is 4.74 Å². The first kappa shape index (κ1) is 11.6. The van der Waals surface area contributed by atoms with E-state index in [0.29, 0.717) is 0 Å². The van der Waals surface area contributed by atoms with Gasteiger partial charge in [-0.1, -0.05) is 30.3 Å². The average molecular weight is 219 g/mol. The fourth-order valence-electron chi connectivity index (χ4n) is 2.22. The Morgan fingerprint density at radius 3 is 2.56 bits per heavy atom. The molecule has 0 saturated heterocycles. The molecule has 0 aliphatic heterocycles. The van der Waals surface area contributed by atoms with E-state index < -0.39 is 0 Å². The maximum Gasteiger partial charge on any atom is 0.0802 e. The standard InChI is InChI=1S/C14H21NO/c1-16-14(9-5-10-14)12-15-11-8-13-6-3-2-4-7-13/h2-4,6-7,15H,5,8-12H2,1H3. The molecule has 1 N–H and O–H groups in total. The van der Waals surface area contributed by atoms with Crippen molar-refractivity contribution in [3.8, 4) is 0 Å². The molecule has 1 aliphatic carbocycles. The van der Waals surface area contributed by atoms with Crippen LogP contribution in [0, 0.1) is 0 Å². The van der Waals surface area contributed by atoms with E-state index >= 15 is 0 Å². The van der Waals surface area contributed by atoms with Crippen LogP contribution < -0.4 is 5.32 Å². The van der Waals surface area contributed by atoms with Gasteiger partial charge in [0.2, 0.25) is 0 Å². The first-order valence-electron chi connectivity index (χ1n) is 6.14. The smallest absolute Gasteiger partial charge is 0.0802 e. The topological polar surface area (TPSA) is 21.3 Å². The van der Waals surface area contributed by atoms with Gasteiger partial charge in [-0.3, -0.25) is 0 Å². The van der Waals surface area contributed by atoms with Crippen LogP contribution in [0.15, 0.2) is 30.3 Å². The highest BCUT2D eigenvalue weighted by Gasteiger charge is 2.36. The highest BCUT2D eigenvalue weighted by atomic mass is 16.5. The summed E-state index contributed by atoms with van der Waals surface area (Å²) in [5.41, 5.74) is 1.55. The van der Waals surface area contributed by atoms with Gasteiger partial charge in [0.05, 0.1) is 5.60 Å². The number of benzene rings is 1. The highest BCUT2D eigenvalue weighted by Crippen LogP contribution is 2.34. The summed E-state index contributed by atoms with van der Waals surface area (Å²) in [6, 6.07) is 10.6. The molecule has 2 rings (SSSR count). The van der Waals surface area contributed by atoms with Crippen LogP contribution in [0.25, 0.3) is 0 Å². The summed E-state index contributed by atoms with van der Waals surface area (Å²) < 4.78 is 5.56. The van der Waals surface area contributed by atoms with E-state index in [1.165, 1.54) is 24.8 Å². The van der Waals surface area contributed by atoms with Crippen molar-refractivity contribution in [1.29, 1.82) is 0 Å². The second-order valence-corrected chi connectivity index (χ2v) is 4.65. The number of nitrogens with one attached hydrogen (secondary N) is 1. The van der Waals surface area contributed by atoms with Gasteiger partial charge < -0.3 is 10.1 Å². The van der Waals surface area contributed by atoms with E-state index in [1.54, 1.807) is 0 Å². The predicted molar refractivity (Wildman–Crippen MR) is 66.6 cm³/mol. The van der Waals surface area contributed by atoms with Crippen molar-refractivity contribution in [1.82, 2.24) is 5.32 Å². The lowest BCUT2D eigenvalue weighted by molar-refractivity contribution is -0.0691. The summed E-state index contributed by atoms with van der Waals surface area (Å²) in [6.07, 6.45) is 4.83. The summed E-state index contributed by atoms with van der Waals surface area (Å²) >= 11 is 0. The van der Waals surface area contributed by atoms with E-state index in [0.717, 1.165) is 19.5 Å². The van der Waals surface area contributed by atoms with Crippen molar-refractivity contribution in [3.63, 3.8) is 0 Å². The quantitative estimate of drug-likeness (QED) is 0.742. The number of ether oxygens (including phenoxy) is 1. The van der Waals surface area contributed by atoms with E-state index in [1.807, 2.05) is 7.11 Å². The highest BCUT2D eigenvalue weighted by molar-refractivity contribution is 5.14. The van der Waals surface area contributed by atoms with Crippen LogP contribution in [-0.4, -0.2) is 25.8 Å². The molecule has 0 heterocycles. The molecule has 1 aliphatic rings. The van der Waals surface area contributed by atoms with Crippen LogP contribution in [0.1, 0.15) is 24.8 Å². The molecule has 2 nitrogen and oxygen atoms in total. The fourth-order valence-corrected chi connectivity index (χ4v) is 2.22. The van der Waals surface area contributed by atoms with E-state index in [4.69, 9.17) is 4.74 Å². The Balaban J connectivity index is 1.65. The lowest BCUT2D eigenvalue weighted by Crippen LogP contribution is -2.48. The Morgan fingerprint density at radius 2 is 2.00 bits per heavy atom. The summed E-state index contributed by atoms with van der Waals surface area (Å²) in [7, 11) is 1.83. The van der Waals surface area contributed by atoms with Crippen molar-refractivity contribution >= 4 is 0 Å². The Labute approximate surface area is 98.0 Å². The van der Waals surface area contributed by atoms with Gasteiger partial charge in [0.15, 0.2) is 0 Å². The van der Waals surface area contributed by atoms with Gasteiger partial charge >= 0.3 is 0 Å². The lowest BCUT2D eigenvalue weighted by Gasteiger charge is -2.40. The van der Waals surface area contributed by atoms with Crippen LogP contribution >= 0.6 is 0 Å². The first-order chi connectivity index (χ1) is 7.85. The largest absolute Gasteiger partial charge is 0.377 e. The summed E-state index contributed by atoms with van der Waals surface area (Å²) in [4.78, 5) is 0. The molecule has 16 heavy (non-hydrogen) atoms. The molecule has 0 unspecified atom stereocenters. The third kappa shape index (κ3) is 2.83. The summed E-state index contributed by atoms with van der Waals surface area (Å²) in [6.45, 7) is 2.03. The van der Waals surface area contributed by atoms with Crippen LogP contribution in [0.5, 0.6) is 0 Å².